The molecule has 1 fully saturated rings. The average Bonchev–Trinajstić information content (AvgIpc) is 2.39. The van der Waals surface area contributed by atoms with E-state index >= 15 is 0 Å². The van der Waals surface area contributed by atoms with Crippen molar-refractivity contribution in [1.82, 2.24) is 9.97 Å². The van der Waals surface area contributed by atoms with Crippen LogP contribution in [0.3, 0.4) is 0 Å². The molecule has 1 saturated carbocycles. The van der Waals surface area contributed by atoms with E-state index in [1.54, 1.807) is 0 Å². The summed E-state index contributed by atoms with van der Waals surface area (Å²) in [6, 6.07) is 2.62. The lowest BCUT2D eigenvalue weighted by atomic mass is 9.83. The Morgan fingerprint density at radius 3 is 2.74 bits per heavy atom. The third-order valence-corrected chi connectivity index (χ3v) is 3.96. The third kappa shape index (κ3) is 3.82. The monoisotopic (exact) mass is 262 g/mol. The normalized spacial score (nSPS) is 23.1. The van der Waals surface area contributed by atoms with Crippen LogP contribution in [0.25, 0.3) is 0 Å². The molecule has 2 atom stereocenters. The first-order chi connectivity index (χ1) is 9.22. The van der Waals surface area contributed by atoms with Gasteiger partial charge in [0.1, 0.15) is 5.82 Å². The van der Waals surface area contributed by atoms with Crippen LogP contribution in [0.5, 0.6) is 0 Å². The van der Waals surface area contributed by atoms with E-state index in [-0.39, 0.29) is 0 Å². The molecule has 0 bridgehead atoms. The molecule has 1 heterocycles. The summed E-state index contributed by atoms with van der Waals surface area (Å²) in [6.07, 6.45) is 6.57. The van der Waals surface area contributed by atoms with Gasteiger partial charge in [0.2, 0.25) is 5.95 Å². The predicted octanol–water partition coefficient (Wildman–Crippen LogP) is 3.60. The summed E-state index contributed by atoms with van der Waals surface area (Å²) in [4.78, 5) is 8.95. The van der Waals surface area contributed by atoms with Gasteiger partial charge in [0.25, 0.3) is 0 Å². The van der Waals surface area contributed by atoms with Gasteiger partial charge in [0.05, 0.1) is 0 Å². The molecular formula is C15H26N4. The number of nitrogens with zero attached hydrogens (tertiary/aromatic N) is 2. The van der Waals surface area contributed by atoms with Crippen LogP contribution in [0, 0.1) is 12.8 Å². The van der Waals surface area contributed by atoms with Gasteiger partial charge in [0.15, 0.2) is 0 Å². The van der Waals surface area contributed by atoms with Crippen molar-refractivity contribution in [2.75, 3.05) is 17.2 Å². The Morgan fingerprint density at radius 1 is 1.21 bits per heavy atom. The highest BCUT2D eigenvalue weighted by Gasteiger charge is 2.23. The summed E-state index contributed by atoms with van der Waals surface area (Å²) in [5.74, 6) is 2.48. The molecule has 1 aliphatic carbocycles. The minimum absolute atomic E-state index is 0.572. The molecule has 19 heavy (non-hydrogen) atoms. The van der Waals surface area contributed by atoms with Gasteiger partial charge in [-0.05, 0) is 32.6 Å². The van der Waals surface area contributed by atoms with E-state index in [2.05, 4.69) is 34.4 Å². The van der Waals surface area contributed by atoms with Gasteiger partial charge in [-0.15, -0.1) is 0 Å². The SMILES string of the molecule is CCNc1nc(C)cc(NC2CCCCC2CC)n1. The number of hydrogen-bond donors (Lipinski definition) is 2. The molecule has 0 radical (unpaired) electrons. The van der Waals surface area contributed by atoms with Crippen molar-refractivity contribution in [2.24, 2.45) is 5.92 Å². The van der Waals surface area contributed by atoms with Crippen LogP contribution in [-0.2, 0) is 0 Å². The maximum Gasteiger partial charge on any atom is 0.224 e. The number of aromatic nitrogens is 2. The van der Waals surface area contributed by atoms with E-state index in [9.17, 15) is 0 Å². The van der Waals surface area contributed by atoms with E-state index in [4.69, 9.17) is 0 Å². The molecule has 106 valence electrons. The fourth-order valence-corrected chi connectivity index (χ4v) is 2.96. The van der Waals surface area contributed by atoms with Gasteiger partial charge in [-0.2, -0.15) is 4.98 Å². The Bertz CT molecular complexity index is 405. The van der Waals surface area contributed by atoms with Crippen molar-refractivity contribution in [3.63, 3.8) is 0 Å². The third-order valence-electron chi connectivity index (χ3n) is 3.96. The first kappa shape index (κ1) is 14.1. The zero-order chi connectivity index (χ0) is 13.7. The largest absolute Gasteiger partial charge is 0.367 e. The van der Waals surface area contributed by atoms with Crippen molar-refractivity contribution < 1.29 is 0 Å². The molecule has 1 aromatic heterocycles. The smallest absolute Gasteiger partial charge is 0.224 e. The summed E-state index contributed by atoms with van der Waals surface area (Å²) in [6.45, 7) is 7.22. The van der Waals surface area contributed by atoms with Crippen molar-refractivity contribution in [3.8, 4) is 0 Å². The van der Waals surface area contributed by atoms with Crippen LogP contribution < -0.4 is 10.6 Å². The fourth-order valence-electron chi connectivity index (χ4n) is 2.96. The van der Waals surface area contributed by atoms with Gasteiger partial charge in [-0.3, -0.25) is 0 Å². The fraction of sp³-hybridized carbons (Fsp3) is 0.733. The van der Waals surface area contributed by atoms with Gasteiger partial charge in [-0.25, -0.2) is 4.98 Å². The highest BCUT2D eigenvalue weighted by atomic mass is 15.1. The number of rotatable bonds is 5. The second-order valence-corrected chi connectivity index (χ2v) is 5.45. The summed E-state index contributed by atoms with van der Waals surface area (Å²) in [5, 5.41) is 6.82. The predicted molar refractivity (Wildman–Crippen MR) is 80.6 cm³/mol. The Balaban J connectivity index is 2.08. The molecule has 2 rings (SSSR count). The van der Waals surface area contributed by atoms with E-state index in [1.807, 2.05) is 13.0 Å². The highest BCUT2D eigenvalue weighted by molar-refractivity contribution is 5.43. The quantitative estimate of drug-likeness (QED) is 0.851. The van der Waals surface area contributed by atoms with Crippen LogP contribution in [0.2, 0.25) is 0 Å². The molecule has 1 aromatic rings. The maximum absolute atomic E-state index is 4.55. The molecule has 0 amide bonds. The van der Waals surface area contributed by atoms with E-state index in [1.165, 1.54) is 32.1 Å². The lowest BCUT2D eigenvalue weighted by Gasteiger charge is -2.32. The molecule has 1 aliphatic rings. The number of nitrogens with one attached hydrogen (secondary N) is 2. The molecular weight excluding hydrogens is 236 g/mol. The first-order valence-electron chi connectivity index (χ1n) is 7.59. The van der Waals surface area contributed by atoms with E-state index in [0.717, 1.165) is 29.9 Å². The summed E-state index contributed by atoms with van der Waals surface area (Å²) < 4.78 is 0. The van der Waals surface area contributed by atoms with Gasteiger partial charge < -0.3 is 10.6 Å². The van der Waals surface area contributed by atoms with Gasteiger partial charge >= 0.3 is 0 Å². The van der Waals surface area contributed by atoms with Crippen LogP contribution in [0.15, 0.2) is 6.07 Å². The van der Waals surface area contributed by atoms with Crippen LogP contribution in [-0.4, -0.2) is 22.6 Å². The lowest BCUT2D eigenvalue weighted by Crippen LogP contribution is -2.32. The van der Waals surface area contributed by atoms with Crippen molar-refractivity contribution in [3.05, 3.63) is 11.8 Å². The Morgan fingerprint density at radius 2 is 2.00 bits per heavy atom. The highest BCUT2D eigenvalue weighted by Crippen LogP contribution is 2.29. The van der Waals surface area contributed by atoms with E-state index in [0.29, 0.717) is 6.04 Å². The molecule has 0 spiro atoms. The molecule has 0 aromatic carbocycles. The minimum Gasteiger partial charge on any atom is -0.367 e. The van der Waals surface area contributed by atoms with Crippen LogP contribution in [0.1, 0.15) is 51.6 Å². The molecule has 2 N–H and O–H groups in total. The second-order valence-electron chi connectivity index (χ2n) is 5.45. The summed E-state index contributed by atoms with van der Waals surface area (Å²) >= 11 is 0. The van der Waals surface area contributed by atoms with Crippen molar-refractivity contribution in [2.45, 2.75) is 58.9 Å². The zero-order valence-electron chi connectivity index (χ0n) is 12.4. The van der Waals surface area contributed by atoms with Gasteiger partial charge in [0, 0.05) is 24.3 Å². The Kier molecular flexibility index (Phi) is 5.00. The lowest BCUT2D eigenvalue weighted by molar-refractivity contribution is 0.317. The van der Waals surface area contributed by atoms with Crippen molar-refractivity contribution >= 4 is 11.8 Å². The van der Waals surface area contributed by atoms with Crippen molar-refractivity contribution in [1.29, 1.82) is 0 Å². The maximum atomic E-state index is 4.55. The minimum atomic E-state index is 0.572. The molecule has 4 heteroatoms. The molecule has 4 nitrogen and oxygen atoms in total. The standard InChI is InChI=1S/C15H26N4/c1-4-12-8-6-7-9-13(12)18-14-10-11(3)17-15(19-14)16-5-2/h10,12-13H,4-9H2,1-3H3,(H2,16,17,18,19). The molecule has 2 unspecified atom stereocenters. The average molecular weight is 262 g/mol. The molecule has 0 aliphatic heterocycles. The number of aryl methyl sites for hydroxylation is 1. The van der Waals surface area contributed by atoms with Crippen LogP contribution in [0.4, 0.5) is 11.8 Å². The molecule has 0 saturated heterocycles. The topological polar surface area (TPSA) is 49.8 Å². The van der Waals surface area contributed by atoms with Crippen LogP contribution >= 0.6 is 0 Å². The summed E-state index contributed by atoms with van der Waals surface area (Å²) in [5.41, 5.74) is 1.01. The first-order valence-corrected chi connectivity index (χ1v) is 7.59. The second kappa shape index (κ2) is 6.73. The zero-order valence-corrected chi connectivity index (χ0v) is 12.4. The van der Waals surface area contributed by atoms with E-state index < -0.39 is 0 Å². The number of anilines is 2. The Labute approximate surface area is 116 Å². The Hall–Kier alpha value is -1.32. The summed E-state index contributed by atoms with van der Waals surface area (Å²) in [7, 11) is 0. The van der Waals surface area contributed by atoms with Gasteiger partial charge in [-0.1, -0.05) is 26.2 Å². The number of hydrogen-bond acceptors (Lipinski definition) is 4.